The monoisotopic (exact) mass is 984 g/mol. The highest BCUT2D eigenvalue weighted by molar-refractivity contribution is 7.52. The summed E-state index contributed by atoms with van der Waals surface area (Å²) in [6, 6.07) is 4.21. The lowest BCUT2D eigenvalue weighted by molar-refractivity contribution is -0.00322. The van der Waals surface area contributed by atoms with Crippen molar-refractivity contribution in [3.8, 4) is 17.2 Å². The number of aromatic nitrogens is 3. The fraction of sp³-hybridized carbons (Fsp3) is 0.852. The van der Waals surface area contributed by atoms with E-state index in [1.54, 1.807) is 0 Å². The molecule has 1 unspecified atom stereocenters. The molecule has 68 heavy (non-hydrogen) atoms. The van der Waals surface area contributed by atoms with Crippen molar-refractivity contribution in [2.75, 3.05) is 72.2 Å². The largest absolute Gasteiger partial charge is 0.490 e. The van der Waals surface area contributed by atoms with Crippen molar-refractivity contribution in [1.82, 2.24) is 15.0 Å². The van der Waals surface area contributed by atoms with E-state index in [-0.39, 0.29) is 19.8 Å². The van der Waals surface area contributed by atoms with Crippen LogP contribution in [0.5, 0.6) is 17.2 Å². The molecule has 0 radical (unpaired) electrons. The SMILES string of the molecule is CCCCCCCCCCCCOc1cc(Cn2cc(COCCOCCOCCOCCP(=O)(O)F)nn2)cc(OCCCCCCCCCCCC)c1OCCCCCCCCCCCC. The first kappa shape index (κ1) is 61.8. The molecule has 0 aliphatic carbocycles. The van der Waals surface area contributed by atoms with Crippen LogP contribution >= 0.6 is 7.68 Å². The minimum Gasteiger partial charge on any atom is -0.490 e. The second-order valence-electron chi connectivity index (χ2n) is 18.6. The summed E-state index contributed by atoms with van der Waals surface area (Å²) >= 11 is 0. The highest BCUT2D eigenvalue weighted by Crippen LogP contribution is 2.41. The number of benzene rings is 1. The maximum atomic E-state index is 12.6. The molecule has 12 nitrogen and oxygen atoms in total. The lowest BCUT2D eigenvalue weighted by atomic mass is 10.1. The van der Waals surface area contributed by atoms with Gasteiger partial charge in [0.25, 0.3) is 0 Å². The fourth-order valence-electron chi connectivity index (χ4n) is 8.07. The van der Waals surface area contributed by atoms with E-state index in [1.165, 1.54) is 161 Å². The third-order valence-corrected chi connectivity index (χ3v) is 12.9. The minimum absolute atomic E-state index is 0.123. The van der Waals surface area contributed by atoms with Crippen LogP contribution in [0.1, 0.15) is 225 Å². The molecule has 1 aromatic heterocycles. The Morgan fingerprint density at radius 2 is 0.838 bits per heavy atom. The van der Waals surface area contributed by atoms with Gasteiger partial charge in [0.15, 0.2) is 11.5 Å². The van der Waals surface area contributed by atoms with Crippen molar-refractivity contribution >= 4 is 7.68 Å². The zero-order valence-electron chi connectivity index (χ0n) is 43.5. The van der Waals surface area contributed by atoms with Crippen LogP contribution in [0.15, 0.2) is 18.3 Å². The summed E-state index contributed by atoms with van der Waals surface area (Å²) in [5.74, 6) is 2.23. The van der Waals surface area contributed by atoms with Gasteiger partial charge in [0, 0.05) is 0 Å². The summed E-state index contributed by atoms with van der Waals surface area (Å²) in [6.07, 6.45) is 39.8. The smallest absolute Gasteiger partial charge is 0.367 e. The fourth-order valence-corrected chi connectivity index (χ4v) is 8.42. The first-order valence-electron chi connectivity index (χ1n) is 27.6. The maximum absolute atomic E-state index is 12.6. The van der Waals surface area contributed by atoms with E-state index < -0.39 is 13.8 Å². The van der Waals surface area contributed by atoms with Crippen molar-refractivity contribution in [2.24, 2.45) is 0 Å². The first-order valence-corrected chi connectivity index (χ1v) is 29.4. The Morgan fingerprint density at radius 1 is 0.485 bits per heavy atom. The van der Waals surface area contributed by atoms with E-state index in [0.717, 1.165) is 60.6 Å². The van der Waals surface area contributed by atoms with Crippen molar-refractivity contribution in [1.29, 1.82) is 0 Å². The predicted molar refractivity (Wildman–Crippen MR) is 275 cm³/mol. The molecule has 0 bridgehead atoms. The average molecular weight is 984 g/mol. The third-order valence-electron chi connectivity index (χ3n) is 12.1. The molecule has 0 fully saturated rings. The average Bonchev–Trinajstić information content (AvgIpc) is 3.77. The molecule has 0 saturated carbocycles. The van der Waals surface area contributed by atoms with Gasteiger partial charge in [0.1, 0.15) is 5.69 Å². The highest BCUT2D eigenvalue weighted by Gasteiger charge is 2.18. The molecule has 0 aliphatic heterocycles. The molecule has 1 atom stereocenters. The zero-order valence-corrected chi connectivity index (χ0v) is 44.4. The van der Waals surface area contributed by atoms with E-state index in [0.29, 0.717) is 59.4 Å². The summed E-state index contributed by atoms with van der Waals surface area (Å²) in [5, 5.41) is 8.79. The van der Waals surface area contributed by atoms with E-state index in [9.17, 15) is 8.76 Å². The summed E-state index contributed by atoms with van der Waals surface area (Å²) < 4.78 is 66.8. The molecule has 1 N–H and O–H groups in total. The van der Waals surface area contributed by atoms with Crippen LogP contribution in [-0.4, -0.2) is 92.1 Å². The second kappa shape index (κ2) is 44.6. The van der Waals surface area contributed by atoms with Crippen molar-refractivity contribution < 1.29 is 46.8 Å². The normalized spacial score (nSPS) is 12.5. The quantitative estimate of drug-likeness (QED) is 0.0502. The van der Waals surface area contributed by atoms with Gasteiger partial charge in [-0.25, -0.2) is 4.68 Å². The van der Waals surface area contributed by atoms with Crippen LogP contribution in [-0.2, 0) is 36.7 Å². The second-order valence-corrected chi connectivity index (χ2v) is 20.3. The Morgan fingerprint density at radius 3 is 1.24 bits per heavy atom. The number of hydrogen-bond acceptors (Lipinski definition) is 10. The Labute approximate surface area is 413 Å². The molecule has 0 saturated heterocycles. The van der Waals surface area contributed by atoms with Gasteiger partial charge in [-0.05, 0) is 37.0 Å². The number of ether oxygens (including phenoxy) is 7. The van der Waals surface area contributed by atoms with Crippen molar-refractivity contribution in [3.63, 3.8) is 0 Å². The molecule has 14 heteroatoms. The standard InChI is InChI=1S/C54H99FN3O9P/c1-4-7-10-13-16-19-22-25-28-31-34-65-52-45-50(47-58-48-51(56-57-58)49-64-42-41-62-38-37-61-39-40-63-43-44-68(55,59)60)46-53(66-35-32-29-26-23-20-17-14-11-8-5-2)54(52)67-36-33-30-27-24-21-18-15-12-9-6-3/h45-46,48H,4-44,47,49H2,1-3H3,(H,59,60). The lowest BCUT2D eigenvalue weighted by Gasteiger charge is -2.19. The molecular weight excluding hydrogens is 885 g/mol. The van der Waals surface area contributed by atoms with Gasteiger partial charge in [-0.15, -0.1) is 5.10 Å². The topological polar surface area (TPSA) is 133 Å². The first-order chi connectivity index (χ1) is 33.4. The van der Waals surface area contributed by atoms with Crippen LogP contribution in [0.4, 0.5) is 4.20 Å². The Bertz CT molecular complexity index is 1420. The Hall–Kier alpha value is -2.28. The maximum Gasteiger partial charge on any atom is 0.367 e. The molecule has 2 aromatic rings. The van der Waals surface area contributed by atoms with Gasteiger partial charge in [-0.2, -0.15) is 4.20 Å². The summed E-state index contributed by atoms with van der Waals surface area (Å²) in [5.41, 5.74) is 1.74. The van der Waals surface area contributed by atoms with Crippen LogP contribution in [0.25, 0.3) is 0 Å². The number of rotatable bonds is 52. The molecule has 1 heterocycles. The lowest BCUT2D eigenvalue weighted by Crippen LogP contribution is -2.12. The molecule has 396 valence electrons. The molecular formula is C54H99FN3O9P. The Kier molecular flexibility index (Phi) is 40.6. The molecule has 0 spiro atoms. The number of nitrogens with zero attached hydrogens (tertiary/aromatic N) is 3. The molecule has 1 aromatic carbocycles. The predicted octanol–water partition coefficient (Wildman–Crippen LogP) is 14.9. The van der Waals surface area contributed by atoms with Crippen LogP contribution in [0, 0.1) is 0 Å². The van der Waals surface area contributed by atoms with E-state index >= 15 is 0 Å². The van der Waals surface area contributed by atoms with E-state index in [1.807, 2.05) is 10.9 Å². The zero-order chi connectivity index (χ0) is 48.9. The van der Waals surface area contributed by atoms with E-state index in [4.69, 9.17) is 38.1 Å². The van der Waals surface area contributed by atoms with Crippen LogP contribution in [0.2, 0.25) is 0 Å². The number of unbranched alkanes of at least 4 members (excludes halogenated alkanes) is 27. The van der Waals surface area contributed by atoms with Gasteiger partial charge >= 0.3 is 7.68 Å². The van der Waals surface area contributed by atoms with Gasteiger partial charge in [0.2, 0.25) is 5.75 Å². The third kappa shape index (κ3) is 36.6. The van der Waals surface area contributed by atoms with Gasteiger partial charge in [-0.3, -0.25) is 4.57 Å². The molecule has 0 aliphatic rings. The van der Waals surface area contributed by atoms with Crippen molar-refractivity contribution in [3.05, 3.63) is 29.6 Å². The van der Waals surface area contributed by atoms with Gasteiger partial charge in [0.05, 0.1) is 91.6 Å². The van der Waals surface area contributed by atoms with Crippen molar-refractivity contribution in [2.45, 2.75) is 227 Å². The van der Waals surface area contributed by atoms with E-state index in [2.05, 4.69) is 43.2 Å². The van der Waals surface area contributed by atoms with Crippen LogP contribution < -0.4 is 14.2 Å². The minimum atomic E-state index is -4.53. The Balaban J connectivity index is 1.99. The molecule has 0 amide bonds. The highest BCUT2D eigenvalue weighted by atomic mass is 31.2. The number of halogens is 1. The summed E-state index contributed by atoms with van der Waals surface area (Å²) in [6.45, 7) is 11.5. The summed E-state index contributed by atoms with van der Waals surface area (Å²) in [7, 11) is -4.53. The number of hydrogen-bond donors (Lipinski definition) is 1. The van der Waals surface area contributed by atoms with Gasteiger partial charge < -0.3 is 38.1 Å². The van der Waals surface area contributed by atoms with Gasteiger partial charge in [-0.1, -0.05) is 199 Å². The molecule has 2 rings (SSSR count). The van der Waals surface area contributed by atoms with Crippen LogP contribution in [0.3, 0.4) is 0 Å². The summed E-state index contributed by atoms with van der Waals surface area (Å²) in [4.78, 5) is 8.65.